The van der Waals surface area contributed by atoms with E-state index >= 15 is 0 Å². The van der Waals surface area contributed by atoms with Gasteiger partial charge in [0.1, 0.15) is 18.0 Å². The van der Waals surface area contributed by atoms with Crippen LogP contribution in [0.2, 0.25) is 0 Å². The molecule has 164 valence electrons. The lowest BCUT2D eigenvalue weighted by Gasteiger charge is -2.10. The van der Waals surface area contributed by atoms with E-state index in [1.165, 1.54) is 95.5 Å². The lowest BCUT2D eigenvalue weighted by Crippen LogP contribution is -2.16. The molecule has 1 aromatic carbocycles. The molecule has 1 atom stereocenters. The van der Waals surface area contributed by atoms with Gasteiger partial charge in [0.25, 0.3) is 0 Å². The summed E-state index contributed by atoms with van der Waals surface area (Å²) >= 11 is 0. The Labute approximate surface area is 180 Å². The number of unbranched alkanes of at least 4 members (excludes halogenated alkanes) is 12. The average Bonchev–Trinajstić information content (AvgIpc) is 3.47. The summed E-state index contributed by atoms with van der Waals surface area (Å²) in [5.74, 6) is 0.983. The van der Waals surface area contributed by atoms with E-state index in [0.29, 0.717) is 6.61 Å². The summed E-state index contributed by atoms with van der Waals surface area (Å²) in [6.45, 7) is 5.70. The molecule has 0 bridgehead atoms. The standard InChI is InChI=1S/C27H44O2/c1-3-4-5-6-7-8-9-10-11-12-13-14-15-16-17-19-25-20-18-21-26(22-25)28-23-27(2)24-29-27/h3-4,18,20-22H,5-17,19,23-24H2,1-2H3/b4-3+. The van der Waals surface area contributed by atoms with Crippen LogP contribution in [0.1, 0.15) is 103 Å². The number of hydrogen-bond acceptors (Lipinski definition) is 2. The molecule has 1 heterocycles. The number of benzene rings is 1. The molecular formula is C27H44O2. The van der Waals surface area contributed by atoms with Gasteiger partial charge in [-0.1, -0.05) is 88.5 Å². The lowest BCUT2D eigenvalue weighted by molar-refractivity contribution is 0.202. The molecule has 29 heavy (non-hydrogen) atoms. The Morgan fingerprint density at radius 1 is 0.897 bits per heavy atom. The van der Waals surface area contributed by atoms with Crippen LogP contribution >= 0.6 is 0 Å². The van der Waals surface area contributed by atoms with Gasteiger partial charge in [-0.15, -0.1) is 0 Å². The van der Waals surface area contributed by atoms with Crippen molar-refractivity contribution in [3.8, 4) is 5.75 Å². The number of rotatable bonds is 18. The lowest BCUT2D eigenvalue weighted by atomic mass is 10.0. The molecule has 2 heteroatoms. The van der Waals surface area contributed by atoms with Gasteiger partial charge >= 0.3 is 0 Å². The van der Waals surface area contributed by atoms with Gasteiger partial charge in [0.05, 0.1) is 6.61 Å². The Morgan fingerprint density at radius 3 is 2.07 bits per heavy atom. The summed E-state index contributed by atoms with van der Waals surface area (Å²) in [5.41, 5.74) is 1.36. The van der Waals surface area contributed by atoms with Gasteiger partial charge in [-0.05, 0) is 57.2 Å². The van der Waals surface area contributed by atoms with Gasteiger partial charge in [0.2, 0.25) is 0 Å². The summed E-state index contributed by atoms with van der Waals surface area (Å²) < 4.78 is 11.3. The third kappa shape index (κ3) is 12.1. The van der Waals surface area contributed by atoms with Crippen molar-refractivity contribution in [1.29, 1.82) is 0 Å². The van der Waals surface area contributed by atoms with Gasteiger partial charge in [-0.2, -0.15) is 0 Å². The zero-order chi connectivity index (χ0) is 20.6. The van der Waals surface area contributed by atoms with Crippen molar-refractivity contribution < 1.29 is 9.47 Å². The predicted molar refractivity (Wildman–Crippen MR) is 125 cm³/mol. The van der Waals surface area contributed by atoms with Crippen LogP contribution in [0.3, 0.4) is 0 Å². The second-order valence-electron chi connectivity index (χ2n) is 9.03. The van der Waals surface area contributed by atoms with Crippen LogP contribution in [-0.2, 0) is 11.2 Å². The van der Waals surface area contributed by atoms with Gasteiger partial charge in [-0.25, -0.2) is 0 Å². The number of aryl methyl sites for hydroxylation is 1. The Bertz CT molecular complexity index is 559. The Balaban J connectivity index is 1.37. The molecule has 0 radical (unpaired) electrons. The smallest absolute Gasteiger partial charge is 0.123 e. The van der Waals surface area contributed by atoms with E-state index in [4.69, 9.17) is 9.47 Å². The van der Waals surface area contributed by atoms with Crippen LogP contribution in [0.15, 0.2) is 36.4 Å². The van der Waals surface area contributed by atoms with Crippen molar-refractivity contribution in [2.24, 2.45) is 0 Å². The summed E-state index contributed by atoms with van der Waals surface area (Å²) in [4.78, 5) is 0. The zero-order valence-electron chi connectivity index (χ0n) is 19.1. The van der Waals surface area contributed by atoms with Crippen molar-refractivity contribution in [2.45, 2.75) is 109 Å². The van der Waals surface area contributed by atoms with Crippen LogP contribution in [-0.4, -0.2) is 18.8 Å². The molecule has 1 fully saturated rings. The van der Waals surface area contributed by atoms with Crippen molar-refractivity contribution in [3.63, 3.8) is 0 Å². The van der Waals surface area contributed by atoms with Gasteiger partial charge < -0.3 is 9.47 Å². The summed E-state index contributed by atoms with van der Waals surface area (Å²) in [6.07, 6.45) is 23.7. The molecule has 0 N–H and O–H groups in total. The molecule has 0 spiro atoms. The molecule has 2 nitrogen and oxygen atoms in total. The Hall–Kier alpha value is -1.28. The SMILES string of the molecule is C/C=C/CCCCCCCCCCCCCCc1cccc(OCC2(C)CO2)c1. The number of ether oxygens (including phenoxy) is 2. The van der Waals surface area contributed by atoms with Gasteiger partial charge in [-0.3, -0.25) is 0 Å². The fourth-order valence-corrected chi connectivity index (χ4v) is 3.76. The quantitative estimate of drug-likeness (QED) is 0.141. The molecule has 0 amide bonds. The maximum absolute atomic E-state index is 5.87. The summed E-state index contributed by atoms with van der Waals surface area (Å²) in [7, 11) is 0. The van der Waals surface area contributed by atoms with E-state index in [0.717, 1.165) is 12.4 Å². The van der Waals surface area contributed by atoms with E-state index in [-0.39, 0.29) is 5.60 Å². The van der Waals surface area contributed by atoms with E-state index in [1.807, 2.05) is 0 Å². The minimum Gasteiger partial charge on any atom is -0.490 e. The largest absolute Gasteiger partial charge is 0.490 e. The van der Waals surface area contributed by atoms with Crippen molar-refractivity contribution in [1.82, 2.24) is 0 Å². The molecule has 0 saturated carbocycles. The maximum atomic E-state index is 5.87. The normalized spacial score (nSPS) is 18.4. The molecule has 2 rings (SSSR count). The first kappa shape index (κ1) is 24.0. The van der Waals surface area contributed by atoms with E-state index in [1.54, 1.807) is 0 Å². The van der Waals surface area contributed by atoms with Crippen LogP contribution < -0.4 is 4.74 Å². The van der Waals surface area contributed by atoms with Crippen molar-refractivity contribution in [3.05, 3.63) is 42.0 Å². The zero-order valence-corrected chi connectivity index (χ0v) is 19.1. The Morgan fingerprint density at radius 2 is 1.48 bits per heavy atom. The van der Waals surface area contributed by atoms with E-state index < -0.39 is 0 Å². The molecule has 1 saturated heterocycles. The van der Waals surface area contributed by atoms with Crippen LogP contribution in [0.4, 0.5) is 0 Å². The molecule has 0 aliphatic carbocycles. The highest BCUT2D eigenvalue weighted by Crippen LogP contribution is 2.27. The maximum Gasteiger partial charge on any atom is 0.123 e. The monoisotopic (exact) mass is 400 g/mol. The highest BCUT2D eigenvalue weighted by Gasteiger charge is 2.40. The van der Waals surface area contributed by atoms with Crippen LogP contribution in [0.25, 0.3) is 0 Å². The minimum absolute atomic E-state index is 0.0396. The molecule has 1 unspecified atom stereocenters. The number of epoxide rings is 1. The fourth-order valence-electron chi connectivity index (χ4n) is 3.76. The fraction of sp³-hybridized carbons (Fsp3) is 0.704. The minimum atomic E-state index is -0.0396. The highest BCUT2D eigenvalue weighted by atomic mass is 16.6. The second-order valence-corrected chi connectivity index (χ2v) is 9.03. The van der Waals surface area contributed by atoms with Crippen molar-refractivity contribution >= 4 is 0 Å². The third-order valence-corrected chi connectivity index (χ3v) is 5.90. The molecule has 1 aromatic rings. The van der Waals surface area contributed by atoms with Crippen molar-refractivity contribution in [2.75, 3.05) is 13.2 Å². The summed E-state index contributed by atoms with van der Waals surface area (Å²) in [5, 5.41) is 0. The first-order valence-corrected chi connectivity index (χ1v) is 12.2. The molecular weight excluding hydrogens is 356 g/mol. The van der Waals surface area contributed by atoms with Crippen LogP contribution in [0.5, 0.6) is 5.75 Å². The second kappa shape index (κ2) is 14.7. The Kier molecular flexibility index (Phi) is 12.1. The van der Waals surface area contributed by atoms with Crippen LogP contribution in [0, 0.1) is 0 Å². The molecule has 1 aliphatic heterocycles. The van der Waals surface area contributed by atoms with E-state index in [9.17, 15) is 0 Å². The topological polar surface area (TPSA) is 21.8 Å². The highest BCUT2D eigenvalue weighted by molar-refractivity contribution is 5.28. The average molecular weight is 401 g/mol. The van der Waals surface area contributed by atoms with Gasteiger partial charge in [0.15, 0.2) is 0 Å². The molecule has 0 aromatic heterocycles. The first-order valence-electron chi connectivity index (χ1n) is 12.2. The third-order valence-electron chi connectivity index (χ3n) is 5.90. The summed E-state index contributed by atoms with van der Waals surface area (Å²) in [6, 6.07) is 8.59. The predicted octanol–water partition coefficient (Wildman–Crippen LogP) is 8.04. The molecule has 1 aliphatic rings. The number of allylic oxidation sites excluding steroid dienone is 2. The number of hydrogen-bond donors (Lipinski definition) is 0. The van der Waals surface area contributed by atoms with Gasteiger partial charge in [0, 0.05) is 0 Å². The van der Waals surface area contributed by atoms with E-state index in [2.05, 4.69) is 50.3 Å². The first-order chi connectivity index (χ1) is 14.2.